The van der Waals surface area contributed by atoms with Crippen LogP contribution in [-0.4, -0.2) is 35.9 Å². The molecule has 28 heavy (non-hydrogen) atoms. The van der Waals surface area contributed by atoms with Gasteiger partial charge in [-0.3, -0.25) is 14.9 Å². The summed E-state index contributed by atoms with van der Waals surface area (Å²) < 4.78 is 5.21. The number of hydrogen-bond acceptors (Lipinski definition) is 7. The molecule has 1 heterocycles. The average molecular weight is 384 g/mol. The Labute approximate surface area is 162 Å². The van der Waals surface area contributed by atoms with E-state index >= 15 is 0 Å². The lowest BCUT2D eigenvalue weighted by Gasteiger charge is -2.34. The van der Waals surface area contributed by atoms with E-state index in [1.54, 1.807) is 33.0 Å². The molecule has 0 saturated heterocycles. The summed E-state index contributed by atoms with van der Waals surface area (Å²) in [5, 5.41) is 22.7. The number of amides is 1. The number of dihydropyridines is 1. The number of nitrogens with zero attached hydrogens (tertiary/aromatic N) is 3. The Hall–Kier alpha value is -3.67. The van der Waals surface area contributed by atoms with Crippen LogP contribution in [0.25, 0.3) is 0 Å². The molecule has 0 fully saturated rings. The molecule has 1 amide bonds. The fraction of sp³-hybridized carbons (Fsp3) is 0.316. The number of benzene rings is 1. The third-order valence-electron chi connectivity index (χ3n) is 4.37. The first-order chi connectivity index (χ1) is 13.3. The highest BCUT2D eigenvalue weighted by Gasteiger charge is 2.36. The average Bonchev–Trinajstić information content (AvgIpc) is 2.67. The molecule has 1 unspecified atom stereocenters. The lowest BCUT2D eigenvalue weighted by atomic mass is 9.83. The van der Waals surface area contributed by atoms with E-state index in [1.807, 2.05) is 6.07 Å². The molecule has 2 rings (SSSR count). The summed E-state index contributed by atoms with van der Waals surface area (Å²) in [4.78, 5) is 36.0. The van der Waals surface area contributed by atoms with Crippen LogP contribution in [0.15, 0.2) is 46.9 Å². The minimum absolute atomic E-state index is 0.0549. The van der Waals surface area contributed by atoms with Crippen LogP contribution >= 0.6 is 0 Å². The zero-order chi connectivity index (χ0) is 20.8. The van der Waals surface area contributed by atoms with Crippen LogP contribution in [0, 0.1) is 21.4 Å². The Kier molecular flexibility index (Phi) is 6.50. The van der Waals surface area contributed by atoms with Gasteiger partial charge in [0.15, 0.2) is 0 Å². The van der Waals surface area contributed by atoms with Crippen molar-refractivity contribution in [1.29, 1.82) is 5.26 Å². The summed E-state index contributed by atoms with van der Waals surface area (Å²) in [7, 11) is 1.56. The van der Waals surface area contributed by atoms with Gasteiger partial charge in [-0.15, -0.1) is 0 Å². The number of ether oxygens (including phenoxy) is 1. The van der Waals surface area contributed by atoms with E-state index in [9.17, 15) is 19.7 Å². The van der Waals surface area contributed by atoms with E-state index in [1.165, 1.54) is 17.0 Å². The van der Waals surface area contributed by atoms with Crippen LogP contribution in [0.4, 0.5) is 5.69 Å². The van der Waals surface area contributed by atoms with E-state index in [2.05, 4.69) is 5.32 Å². The predicted molar refractivity (Wildman–Crippen MR) is 99.4 cm³/mol. The van der Waals surface area contributed by atoms with E-state index in [4.69, 9.17) is 10.00 Å². The van der Waals surface area contributed by atoms with Crippen molar-refractivity contribution in [3.63, 3.8) is 0 Å². The number of nitro benzene ring substituents is 1. The molecular formula is C19H20N4O5. The summed E-state index contributed by atoms with van der Waals surface area (Å²) in [6.45, 7) is 3.43. The van der Waals surface area contributed by atoms with Gasteiger partial charge in [0, 0.05) is 30.6 Å². The lowest BCUT2D eigenvalue weighted by molar-refractivity contribution is -0.384. The first-order valence-corrected chi connectivity index (χ1v) is 8.46. The minimum Gasteiger partial charge on any atom is -0.461 e. The van der Waals surface area contributed by atoms with Crippen LogP contribution in [0.5, 0.6) is 0 Å². The fourth-order valence-corrected chi connectivity index (χ4v) is 3.16. The third kappa shape index (κ3) is 4.17. The summed E-state index contributed by atoms with van der Waals surface area (Å²) in [5.41, 5.74) is 2.54. The Bertz CT molecular complexity index is 896. The molecule has 0 aliphatic carbocycles. The first kappa shape index (κ1) is 20.6. The Morgan fingerprint density at radius 1 is 1.36 bits per heavy atom. The maximum atomic E-state index is 12.7. The van der Waals surface area contributed by atoms with Crippen molar-refractivity contribution >= 4 is 18.1 Å². The molecule has 9 heteroatoms. The number of nitriles is 1. The SMILES string of the molecule is CC1=C(C(=O)OCCC#N)C(c2ccc([N+](=O)[O-])cc2)C(N(C)C=O)=C(C)N1. The summed E-state index contributed by atoms with van der Waals surface area (Å²) in [5.74, 6) is -1.28. The van der Waals surface area contributed by atoms with Crippen molar-refractivity contribution in [3.05, 3.63) is 62.6 Å². The molecule has 0 radical (unpaired) electrons. The maximum absolute atomic E-state index is 12.7. The molecule has 1 N–H and O–H groups in total. The smallest absolute Gasteiger partial charge is 0.336 e. The van der Waals surface area contributed by atoms with Gasteiger partial charge in [0.1, 0.15) is 6.61 Å². The van der Waals surface area contributed by atoms with E-state index in [0.717, 1.165) is 0 Å². The molecule has 1 aromatic carbocycles. The maximum Gasteiger partial charge on any atom is 0.336 e. The highest BCUT2D eigenvalue weighted by atomic mass is 16.6. The van der Waals surface area contributed by atoms with E-state index < -0.39 is 16.8 Å². The number of nitro groups is 1. The zero-order valence-electron chi connectivity index (χ0n) is 15.8. The largest absolute Gasteiger partial charge is 0.461 e. The molecule has 1 aliphatic rings. The summed E-state index contributed by atoms with van der Waals surface area (Å²) in [6, 6.07) is 7.70. The number of likely N-dealkylation sites (N-methyl/N-ethyl adjacent to an activating group) is 1. The van der Waals surface area contributed by atoms with E-state index in [0.29, 0.717) is 29.1 Å². The third-order valence-corrected chi connectivity index (χ3v) is 4.37. The number of carbonyl (C=O) groups is 2. The number of allylic oxidation sites excluding steroid dienone is 3. The van der Waals surface area contributed by atoms with E-state index in [-0.39, 0.29) is 24.3 Å². The summed E-state index contributed by atoms with van der Waals surface area (Å²) >= 11 is 0. The van der Waals surface area contributed by atoms with Crippen molar-refractivity contribution in [2.24, 2.45) is 0 Å². The van der Waals surface area contributed by atoms with Crippen molar-refractivity contribution in [2.75, 3.05) is 13.7 Å². The fourth-order valence-electron chi connectivity index (χ4n) is 3.16. The standard InChI is InChI=1S/C19H20N4O5/c1-12-16(19(25)28-10-4-9-20)17(18(13(2)21-12)22(3)11-24)14-5-7-15(8-6-14)23(26)27/h5-8,11,17,21H,4,10H2,1-3H3. The second-order valence-corrected chi connectivity index (χ2v) is 6.22. The van der Waals surface area contributed by atoms with Crippen molar-refractivity contribution in [2.45, 2.75) is 26.2 Å². The van der Waals surface area contributed by atoms with Crippen LogP contribution in [0.1, 0.15) is 31.7 Å². The monoisotopic (exact) mass is 384 g/mol. The lowest BCUT2D eigenvalue weighted by Crippen LogP contribution is -2.35. The number of carbonyl (C=O) groups excluding carboxylic acids is 2. The molecule has 0 spiro atoms. The van der Waals surface area contributed by atoms with Crippen LogP contribution < -0.4 is 5.32 Å². The number of hydrogen-bond donors (Lipinski definition) is 1. The molecule has 1 aromatic rings. The topological polar surface area (TPSA) is 126 Å². The van der Waals surface area contributed by atoms with Gasteiger partial charge in [-0.1, -0.05) is 12.1 Å². The highest BCUT2D eigenvalue weighted by Crippen LogP contribution is 2.39. The quantitative estimate of drug-likeness (QED) is 0.251. The van der Waals surface area contributed by atoms with Crippen molar-refractivity contribution < 1.29 is 19.2 Å². The Morgan fingerprint density at radius 2 is 2.00 bits per heavy atom. The molecule has 0 saturated carbocycles. The molecular weight excluding hydrogens is 364 g/mol. The zero-order valence-corrected chi connectivity index (χ0v) is 15.8. The second kappa shape index (κ2) is 8.81. The predicted octanol–water partition coefficient (Wildman–Crippen LogP) is 2.33. The van der Waals surface area contributed by atoms with Crippen LogP contribution in [-0.2, 0) is 14.3 Å². The van der Waals surface area contributed by atoms with Gasteiger partial charge >= 0.3 is 5.97 Å². The highest BCUT2D eigenvalue weighted by molar-refractivity contribution is 5.92. The first-order valence-electron chi connectivity index (χ1n) is 8.46. The van der Waals surface area contributed by atoms with Gasteiger partial charge < -0.3 is 15.0 Å². The van der Waals surface area contributed by atoms with Gasteiger partial charge in [0.05, 0.1) is 34.6 Å². The number of rotatable bonds is 7. The molecule has 1 atom stereocenters. The van der Waals surface area contributed by atoms with Gasteiger partial charge in [-0.2, -0.15) is 5.26 Å². The number of nitrogens with one attached hydrogen (secondary N) is 1. The number of esters is 1. The van der Waals surface area contributed by atoms with Gasteiger partial charge in [-0.25, -0.2) is 4.79 Å². The Balaban J connectivity index is 2.56. The molecule has 0 aromatic heterocycles. The minimum atomic E-state index is -0.660. The Morgan fingerprint density at radius 3 is 2.54 bits per heavy atom. The van der Waals surface area contributed by atoms with Gasteiger partial charge in [-0.05, 0) is 19.4 Å². The second-order valence-electron chi connectivity index (χ2n) is 6.22. The molecule has 9 nitrogen and oxygen atoms in total. The van der Waals surface area contributed by atoms with Crippen molar-refractivity contribution in [1.82, 2.24) is 10.2 Å². The number of non-ortho nitro benzene ring substituents is 1. The molecule has 0 bridgehead atoms. The molecule has 1 aliphatic heterocycles. The van der Waals surface area contributed by atoms with Crippen molar-refractivity contribution in [3.8, 4) is 6.07 Å². The normalized spacial score (nSPS) is 16.1. The van der Waals surface area contributed by atoms with Gasteiger partial charge in [0.2, 0.25) is 6.41 Å². The summed E-state index contributed by atoms with van der Waals surface area (Å²) in [6.07, 6.45) is 0.682. The van der Waals surface area contributed by atoms with Crippen LogP contribution in [0.3, 0.4) is 0 Å². The van der Waals surface area contributed by atoms with Gasteiger partial charge in [0.25, 0.3) is 5.69 Å². The molecule has 146 valence electrons. The van der Waals surface area contributed by atoms with Crippen LogP contribution in [0.2, 0.25) is 0 Å².